The van der Waals surface area contributed by atoms with Gasteiger partial charge in [-0.2, -0.15) is 0 Å². The molecule has 5 heteroatoms. The van der Waals surface area contributed by atoms with E-state index in [0.29, 0.717) is 0 Å². The van der Waals surface area contributed by atoms with Crippen LogP contribution in [0.5, 0.6) is 0 Å². The number of hydrogen-bond acceptors (Lipinski definition) is 4. The van der Waals surface area contributed by atoms with Crippen LogP contribution in [0.1, 0.15) is 37.3 Å². The number of amides is 1. The van der Waals surface area contributed by atoms with Crippen molar-refractivity contribution in [3.05, 3.63) is 59.7 Å². The van der Waals surface area contributed by atoms with Crippen molar-refractivity contribution in [2.75, 3.05) is 6.61 Å². The molecule has 1 atom stereocenters. The van der Waals surface area contributed by atoms with Gasteiger partial charge in [-0.15, -0.1) is 12.3 Å². The van der Waals surface area contributed by atoms with E-state index in [-0.39, 0.29) is 25.0 Å². The maximum Gasteiger partial charge on any atom is 0.407 e. The normalized spacial score (nSPS) is 13.2. The number of carbonyl (C=O) groups excluding carboxylic acids is 2. The van der Waals surface area contributed by atoms with Crippen LogP contribution in [0.15, 0.2) is 48.5 Å². The third kappa shape index (κ3) is 4.17. The second-order valence-electron chi connectivity index (χ2n) is 6.92. The van der Waals surface area contributed by atoms with Crippen LogP contribution < -0.4 is 5.32 Å². The molecule has 0 saturated heterocycles. The summed E-state index contributed by atoms with van der Waals surface area (Å²) in [5.41, 5.74) is 4.54. The summed E-state index contributed by atoms with van der Waals surface area (Å²) >= 11 is 0. The maximum absolute atomic E-state index is 12.3. The minimum absolute atomic E-state index is 0.0374. The van der Waals surface area contributed by atoms with Crippen molar-refractivity contribution in [2.45, 2.75) is 38.3 Å². The molecule has 0 spiro atoms. The van der Waals surface area contributed by atoms with Gasteiger partial charge in [-0.1, -0.05) is 48.5 Å². The van der Waals surface area contributed by atoms with E-state index in [2.05, 4.69) is 23.4 Å². The van der Waals surface area contributed by atoms with Gasteiger partial charge in [0.25, 0.3) is 0 Å². The average molecular weight is 377 g/mol. The second-order valence-corrected chi connectivity index (χ2v) is 6.92. The van der Waals surface area contributed by atoms with Crippen LogP contribution in [0.3, 0.4) is 0 Å². The van der Waals surface area contributed by atoms with Crippen LogP contribution in [0, 0.1) is 12.3 Å². The minimum atomic E-state index is -0.928. The first-order valence-electron chi connectivity index (χ1n) is 9.26. The Morgan fingerprint density at radius 3 is 2.18 bits per heavy atom. The molecule has 0 saturated carbocycles. The number of terminal acetylenes is 1. The van der Waals surface area contributed by atoms with Crippen molar-refractivity contribution in [3.63, 3.8) is 0 Å². The Kier molecular flexibility index (Phi) is 6.00. The quantitative estimate of drug-likeness (QED) is 0.613. The fraction of sp³-hybridized carbons (Fsp3) is 0.304. The summed E-state index contributed by atoms with van der Waals surface area (Å²) in [6.07, 6.45) is 4.35. The molecule has 0 fully saturated rings. The first-order chi connectivity index (χ1) is 13.5. The number of nitrogens with one attached hydrogen (secondary N) is 1. The standard InChI is InChI=1S/C23H23NO4/c1-4-9-21(22(25)28-15(2)3)24-23(26)27-14-20-18-12-7-5-10-16(18)17-11-6-8-13-19(17)20/h1,5-8,10-13,15,20-21H,9,14H2,2-3H3,(H,24,26). The highest BCUT2D eigenvalue weighted by Gasteiger charge is 2.30. The highest BCUT2D eigenvalue weighted by molar-refractivity contribution is 5.82. The predicted octanol–water partition coefficient (Wildman–Crippen LogP) is 3.87. The molecule has 28 heavy (non-hydrogen) atoms. The summed E-state index contributed by atoms with van der Waals surface area (Å²) in [4.78, 5) is 24.4. The number of fused-ring (bicyclic) bond motifs is 3. The third-order valence-corrected chi connectivity index (χ3v) is 4.59. The summed E-state index contributed by atoms with van der Waals surface area (Å²) in [6.45, 7) is 3.64. The third-order valence-electron chi connectivity index (χ3n) is 4.59. The molecule has 0 radical (unpaired) electrons. The van der Waals surface area contributed by atoms with Crippen LogP contribution in [0.25, 0.3) is 11.1 Å². The van der Waals surface area contributed by atoms with Gasteiger partial charge in [0.15, 0.2) is 0 Å². The largest absolute Gasteiger partial charge is 0.461 e. The summed E-state index contributed by atoms with van der Waals surface area (Å²) < 4.78 is 10.6. The van der Waals surface area contributed by atoms with E-state index in [1.54, 1.807) is 13.8 Å². The molecule has 5 nitrogen and oxygen atoms in total. The van der Waals surface area contributed by atoms with E-state index in [4.69, 9.17) is 15.9 Å². The summed E-state index contributed by atoms with van der Waals surface area (Å²) in [5, 5.41) is 2.52. The zero-order valence-corrected chi connectivity index (χ0v) is 16.0. The Hall–Kier alpha value is -3.26. The Balaban J connectivity index is 1.67. The van der Waals surface area contributed by atoms with Crippen LogP contribution in [-0.2, 0) is 14.3 Å². The lowest BCUT2D eigenvalue weighted by Gasteiger charge is -2.19. The van der Waals surface area contributed by atoms with Crippen LogP contribution >= 0.6 is 0 Å². The molecule has 0 heterocycles. The fourth-order valence-electron chi connectivity index (χ4n) is 3.41. The number of ether oxygens (including phenoxy) is 2. The molecule has 0 aromatic heterocycles. The predicted molar refractivity (Wildman–Crippen MR) is 107 cm³/mol. The second kappa shape index (κ2) is 8.62. The van der Waals surface area contributed by atoms with E-state index in [1.165, 1.54) is 0 Å². The number of carbonyl (C=O) groups is 2. The first kappa shape index (κ1) is 19.5. The summed E-state index contributed by atoms with van der Waals surface area (Å²) in [6, 6.07) is 15.2. The number of alkyl carbamates (subject to hydrolysis) is 1. The molecule has 3 rings (SSSR count). The van der Waals surface area contributed by atoms with Crippen molar-refractivity contribution in [2.24, 2.45) is 0 Å². The summed E-state index contributed by atoms with van der Waals surface area (Å²) in [5.74, 6) is 1.76. The van der Waals surface area contributed by atoms with Crippen LogP contribution in [-0.4, -0.2) is 30.8 Å². The van der Waals surface area contributed by atoms with Crippen molar-refractivity contribution in [3.8, 4) is 23.5 Å². The molecule has 1 N–H and O–H groups in total. The number of rotatable bonds is 6. The molecular formula is C23H23NO4. The van der Waals surface area contributed by atoms with Gasteiger partial charge >= 0.3 is 12.1 Å². The van der Waals surface area contributed by atoms with Gasteiger partial charge in [0.05, 0.1) is 6.10 Å². The van der Waals surface area contributed by atoms with E-state index < -0.39 is 18.1 Å². The van der Waals surface area contributed by atoms with E-state index in [0.717, 1.165) is 22.3 Å². The molecule has 0 bridgehead atoms. The van der Waals surface area contributed by atoms with Gasteiger partial charge in [0, 0.05) is 12.3 Å². The number of hydrogen-bond donors (Lipinski definition) is 1. The molecule has 1 aliphatic carbocycles. The molecule has 0 aliphatic heterocycles. The zero-order valence-electron chi connectivity index (χ0n) is 16.0. The summed E-state index contributed by atoms with van der Waals surface area (Å²) in [7, 11) is 0. The molecule has 1 unspecified atom stereocenters. The van der Waals surface area contributed by atoms with E-state index in [1.807, 2.05) is 36.4 Å². The molecular weight excluding hydrogens is 354 g/mol. The smallest absolute Gasteiger partial charge is 0.407 e. The first-order valence-corrected chi connectivity index (χ1v) is 9.26. The monoisotopic (exact) mass is 377 g/mol. The maximum atomic E-state index is 12.3. The minimum Gasteiger partial charge on any atom is -0.461 e. The van der Waals surface area contributed by atoms with Crippen molar-refractivity contribution in [1.29, 1.82) is 0 Å². The van der Waals surface area contributed by atoms with Crippen LogP contribution in [0.4, 0.5) is 4.79 Å². The highest BCUT2D eigenvalue weighted by Crippen LogP contribution is 2.44. The van der Waals surface area contributed by atoms with Gasteiger partial charge in [0.1, 0.15) is 12.6 Å². The van der Waals surface area contributed by atoms with Crippen molar-refractivity contribution < 1.29 is 19.1 Å². The van der Waals surface area contributed by atoms with Gasteiger partial charge in [0.2, 0.25) is 0 Å². The van der Waals surface area contributed by atoms with Crippen LogP contribution in [0.2, 0.25) is 0 Å². The van der Waals surface area contributed by atoms with Gasteiger partial charge in [-0.05, 0) is 36.1 Å². The molecule has 1 aliphatic rings. The Bertz CT molecular complexity index is 867. The number of benzene rings is 2. The fourth-order valence-corrected chi connectivity index (χ4v) is 3.41. The average Bonchev–Trinajstić information content (AvgIpc) is 2.99. The Morgan fingerprint density at radius 2 is 1.64 bits per heavy atom. The lowest BCUT2D eigenvalue weighted by molar-refractivity contribution is -0.149. The number of esters is 1. The van der Waals surface area contributed by atoms with Gasteiger partial charge in [-0.3, -0.25) is 0 Å². The van der Waals surface area contributed by atoms with Gasteiger partial charge < -0.3 is 14.8 Å². The van der Waals surface area contributed by atoms with E-state index >= 15 is 0 Å². The SMILES string of the molecule is C#CCC(NC(=O)OCC1c2ccccc2-c2ccccc21)C(=O)OC(C)C. The topological polar surface area (TPSA) is 64.6 Å². The molecule has 144 valence electrons. The molecule has 1 amide bonds. The zero-order chi connectivity index (χ0) is 20.1. The molecule has 2 aromatic carbocycles. The highest BCUT2D eigenvalue weighted by atomic mass is 16.6. The Labute approximate surface area is 165 Å². The van der Waals surface area contributed by atoms with Gasteiger partial charge in [-0.25, -0.2) is 9.59 Å². The lowest BCUT2D eigenvalue weighted by atomic mass is 9.98. The lowest BCUT2D eigenvalue weighted by Crippen LogP contribution is -2.42. The van der Waals surface area contributed by atoms with E-state index in [9.17, 15) is 9.59 Å². The van der Waals surface area contributed by atoms with Crippen molar-refractivity contribution >= 4 is 12.1 Å². The Morgan fingerprint density at radius 1 is 1.07 bits per heavy atom. The van der Waals surface area contributed by atoms with Crippen molar-refractivity contribution in [1.82, 2.24) is 5.32 Å². The molecule has 2 aromatic rings.